The van der Waals surface area contributed by atoms with Gasteiger partial charge in [0.1, 0.15) is 12.3 Å². The first kappa shape index (κ1) is 23.4. The van der Waals surface area contributed by atoms with Gasteiger partial charge < -0.3 is 27.5 Å². The maximum Gasteiger partial charge on any atom is 0.531 e. The largest absolute Gasteiger partial charge is 0.531 e. The lowest BCUT2D eigenvalue weighted by Gasteiger charge is -2.35. The Morgan fingerprint density at radius 3 is 2.12 bits per heavy atom. The van der Waals surface area contributed by atoms with Gasteiger partial charge in [-0.25, -0.2) is 4.79 Å². The van der Waals surface area contributed by atoms with Gasteiger partial charge in [-0.1, -0.05) is 39.0 Å². The van der Waals surface area contributed by atoms with Crippen molar-refractivity contribution in [3.63, 3.8) is 0 Å². The van der Waals surface area contributed by atoms with Gasteiger partial charge in [0.15, 0.2) is 6.10 Å². The lowest BCUT2D eigenvalue weighted by Crippen LogP contribution is -2.58. The van der Waals surface area contributed by atoms with Crippen LogP contribution in [0.2, 0.25) is 0 Å². The van der Waals surface area contributed by atoms with Gasteiger partial charge in [-0.15, -0.1) is 0 Å². The van der Waals surface area contributed by atoms with Crippen molar-refractivity contribution in [3.8, 4) is 0 Å². The molecule has 0 spiro atoms. The molecule has 0 aliphatic carbocycles. The van der Waals surface area contributed by atoms with E-state index in [1.807, 2.05) is 20.8 Å². The Morgan fingerprint density at radius 2 is 1.62 bits per heavy atom. The molecule has 1 fully saturated rings. The van der Waals surface area contributed by atoms with Crippen molar-refractivity contribution in [1.29, 1.82) is 0 Å². The maximum absolute atomic E-state index is 11.1. The van der Waals surface area contributed by atoms with Gasteiger partial charge in [0.2, 0.25) is 0 Å². The minimum Gasteiger partial charge on any atom is -0.430 e. The number of carbonyl (C=O) groups excluding carboxylic acids is 1. The van der Waals surface area contributed by atoms with E-state index in [0.717, 1.165) is 19.3 Å². The molecule has 0 aromatic carbocycles. The average Bonchev–Trinajstić information content (AvgIpc) is 3.03. The van der Waals surface area contributed by atoms with Crippen molar-refractivity contribution >= 4 is 15.0 Å². The predicted octanol–water partition coefficient (Wildman–Crippen LogP) is 3.86. The van der Waals surface area contributed by atoms with Crippen molar-refractivity contribution in [3.05, 3.63) is 0 Å². The Balaban J connectivity index is 2.73. The van der Waals surface area contributed by atoms with E-state index < -0.39 is 15.0 Å². The van der Waals surface area contributed by atoms with Gasteiger partial charge in [-0.2, -0.15) is 0 Å². The summed E-state index contributed by atoms with van der Waals surface area (Å²) >= 11 is 0. The molecule has 0 aromatic rings. The lowest BCUT2D eigenvalue weighted by molar-refractivity contribution is -0.0346. The molecule has 154 valence electrons. The zero-order chi connectivity index (χ0) is 19.3. The topological polar surface area (TPSA) is 72.5 Å². The summed E-state index contributed by atoms with van der Waals surface area (Å²) in [5.74, 6) is 0. The number of rotatable bonds is 16. The third-order valence-electron chi connectivity index (χ3n) is 4.13. The third kappa shape index (κ3) is 7.92. The summed E-state index contributed by atoms with van der Waals surface area (Å²) in [6.45, 7) is 9.99. The number of unbranched alkanes of at least 4 members (excludes halogenated alkanes) is 4. The molecule has 1 aliphatic rings. The van der Waals surface area contributed by atoms with Gasteiger partial charge >= 0.3 is 15.0 Å². The Bertz CT molecular complexity index is 364. The third-order valence-corrected chi connectivity index (χ3v) is 7.45. The molecule has 0 radical (unpaired) electrons. The van der Waals surface area contributed by atoms with E-state index in [-0.39, 0.29) is 25.0 Å². The molecule has 7 nitrogen and oxygen atoms in total. The fourth-order valence-electron chi connectivity index (χ4n) is 2.97. The molecule has 1 aliphatic heterocycles. The number of cyclic esters (lactones) is 2. The fraction of sp³-hybridized carbons (Fsp3) is 0.944. The van der Waals surface area contributed by atoms with Crippen LogP contribution in [-0.4, -0.2) is 59.8 Å². The highest BCUT2D eigenvalue weighted by atomic mass is 28.4. The average molecular weight is 393 g/mol. The van der Waals surface area contributed by atoms with E-state index in [2.05, 4.69) is 6.92 Å². The van der Waals surface area contributed by atoms with Gasteiger partial charge in [-0.05, 0) is 27.2 Å². The van der Waals surface area contributed by atoms with Crippen molar-refractivity contribution in [2.75, 3.05) is 33.0 Å². The van der Waals surface area contributed by atoms with E-state index in [4.69, 9.17) is 27.5 Å². The van der Waals surface area contributed by atoms with E-state index in [1.54, 1.807) is 0 Å². The highest BCUT2D eigenvalue weighted by Gasteiger charge is 2.50. The monoisotopic (exact) mass is 392 g/mol. The molecule has 1 saturated heterocycles. The molecule has 8 heteroatoms. The van der Waals surface area contributed by atoms with E-state index in [1.165, 1.54) is 19.3 Å². The second kappa shape index (κ2) is 13.5. The minimum absolute atomic E-state index is 0.217. The zero-order valence-electron chi connectivity index (χ0n) is 16.8. The Labute approximate surface area is 159 Å². The standard InChI is InChI=1S/C18H36O7Si/c1-5-9-10-11-12-13-17(20-14-16-15-21-18(19)25-16)26(22-6-2,23-7-3)24-8-4/h16-17H,5-15H2,1-4H3. The molecular weight excluding hydrogens is 356 g/mol. The molecule has 2 atom stereocenters. The van der Waals surface area contributed by atoms with Crippen LogP contribution >= 0.6 is 0 Å². The molecule has 0 bridgehead atoms. The second-order valence-corrected chi connectivity index (χ2v) is 8.95. The Morgan fingerprint density at radius 1 is 1.00 bits per heavy atom. The van der Waals surface area contributed by atoms with Crippen LogP contribution in [0.5, 0.6) is 0 Å². The fourth-order valence-corrected chi connectivity index (χ4v) is 5.85. The summed E-state index contributed by atoms with van der Waals surface area (Å²) in [5.41, 5.74) is -0.275. The Kier molecular flexibility index (Phi) is 12.1. The van der Waals surface area contributed by atoms with Crippen LogP contribution in [-0.2, 0) is 27.5 Å². The van der Waals surface area contributed by atoms with Gasteiger partial charge in [0.25, 0.3) is 0 Å². The van der Waals surface area contributed by atoms with Crippen molar-refractivity contribution in [1.82, 2.24) is 0 Å². The first-order valence-corrected chi connectivity index (χ1v) is 11.8. The van der Waals surface area contributed by atoms with Crippen LogP contribution in [0.1, 0.15) is 66.2 Å². The van der Waals surface area contributed by atoms with Crippen molar-refractivity contribution < 1.29 is 32.3 Å². The molecule has 1 heterocycles. The Hall–Kier alpha value is -0.673. The minimum atomic E-state index is -2.99. The summed E-state index contributed by atoms with van der Waals surface area (Å²) in [4.78, 5) is 11.1. The molecule has 26 heavy (non-hydrogen) atoms. The first-order chi connectivity index (χ1) is 12.6. The van der Waals surface area contributed by atoms with E-state index >= 15 is 0 Å². The van der Waals surface area contributed by atoms with Crippen LogP contribution < -0.4 is 0 Å². The van der Waals surface area contributed by atoms with Crippen LogP contribution in [0.4, 0.5) is 4.79 Å². The van der Waals surface area contributed by atoms with Crippen molar-refractivity contribution in [2.24, 2.45) is 0 Å². The molecule has 0 amide bonds. The normalized spacial score (nSPS) is 18.6. The van der Waals surface area contributed by atoms with Crippen LogP contribution in [0.3, 0.4) is 0 Å². The lowest BCUT2D eigenvalue weighted by atomic mass is 10.1. The zero-order valence-corrected chi connectivity index (χ0v) is 17.8. The van der Waals surface area contributed by atoms with Crippen LogP contribution in [0, 0.1) is 0 Å². The first-order valence-electron chi connectivity index (χ1n) is 9.98. The second-order valence-electron chi connectivity index (χ2n) is 6.23. The van der Waals surface area contributed by atoms with Gasteiger partial charge in [-0.3, -0.25) is 0 Å². The predicted molar refractivity (Wildman–Crippen MR) is 100.0 cm³/mol. The van der Waals surface area contributed by atoms with Gasteiger partial charge in [0.05, 0.1) is 6.61 Å². The molecule has 2 unspecified atom stereocenters. The molecule has 1 rings (SSSR count). The number of hydrogen-bond donors (Lipinski definition) is 0. The maximum atomic E-state index is 11.1. The van der Waals surface area contributed by atoms with E-state index in [9.17, 15) is 4.79 Å². The molecule has 0 N–H and O–H groups in total. The number of ether oxygens (including phenoxy) is 3. The van der Waals surface area contributed by atoms with Crippen LogP contribution in [0.25, 0.3) is 0 Å². The highest BCUT2D eigenvalue weighted by molar-refractivity contribution is 6.62. The smallest absolute Gasteiger partial charge is 0.430 e. The van der Waals surface area contributed by atoms with Crippen molar-refractivity contribution in [2.45, 2.75) is 78.1 Å². The molecule has 0 saturated carbocycles. The van der Waals surface area contributed by atoms with Gasteiger partial charge in [0, 0.05) is 19.8 Å². The van der Waals surface area contributed by atoms with E-state index in [0.29, 0.717) is 19.8 Å². The quantitative estimate of drug-likeness (QED) is 0.224. The SMILES string of the molecule is CCCCCCCC(OCC1COC(=O)O1)[Si](OCC)(OCC)OCC. The van der Waals surface area contributed by atoms with Crippen LogP contribution in [0.15, 0.2) is 0 Å². The summed E-state index contributed by atoms with van der Waals surface area (Å²) < 4.78 is 34.1. The summed E-state index contributed by atoms with van der Waals surface area (Å²) in [5, 5.41) is 0. The molecule has 0 aromatic heterocycles. The number of hydrogen-bond acceptors (Lipinski definition) is 7. The summed E-state index contributed by atoms with van der Waals surface area (Å²) in [6, 6.07) is 0. The number of carbonyl (C=O) groups is 1. The highest BCUT2D eigenvalue weighted by Crippen LogP contribution is 2.24. The summed E-state index contributed by atoms with van der Waals surface area (Å²) in [6.07, 6.45) is 5.60. The molecular formula is C18H36O7Si. The summed E-state index contributed by atoms with van der Waals surface area (Å²) in [7, 11) is -2.99.